The molecule has 0 radical (unpaired) electrons. The van der Waals surface area contributed by atoms with Gasteiger partial charge in [-0.3, -0.25) is 4.79 Å². The number of rotatable bonds is 7. The summed E-state index contributed by atoms with van der Waals surface area (Å²) in [7, 11) is 1.53. The van der Waals surface area contributed by atoms with Crippen LogP contribution in [0.15, 0.2) is 24.3 Å². The molecule has 0 aromatic heterocycles. The molecule has 0 bridgehead atoms. The second-order valence-corrected chi connectivity index (χ2v) is 5.47. The molecule has 1 unspecified atom stereocenters. The Hall–Kier alpha value is -1.46. The number of nitrogens with two attached hydrogens (primary N) is 1. The smallest absolute Gasteiger partial charge is 0.222 e. The van der Waals surface area contributed by atoms with Crippen molar-refractivity contribution in [3.05, 3.63) is 35.6 Å². The van der Waals surface area contributed by atoms with Crippen molar-refractivity contribution in [2.24, 2.45) is 5.73 Å². The Labute approximate surface area is 119 Å². The predicted octanol–water partition coefficient (Wildman–Crippen LogP) is 1.58. The Morgan fingerprint density at radius 2 is 2.00 bits per heavy atom. The summed E-state index contributed by atoms with van der Waals surface area (Å²) in [5.74, 6) is -0.364. The number of hydrogen-bond donors (Lipinski definition) is 2. The molecule has 0 fully saturated rings. The summed E-state index contributed by atoms with van der Waals surface area (Å²) in [5, 5.41) is 2.87. The minimum Gasteiger partial charge on any atom is -0.380 e. The van der Waals surface area contributed by atoms with Gasteiger partial charge in [-0.05, 0) is 17.7 Å². The second kappa shape index (κ2) is 7.36. The summed E-state index contributed by atoms with van der Waals surface area (Å²) in [4.78, 5) is 11.8. The SMILES string of the molecule is COC(CN)CC(=O)NCC(C)(C)c1ccc(F)cc1. The average Bonchev–Trinajstić information content (AvgIpc) is 2.43. The van der Waals surface area contributed by atoms with Gasteiger partial charge in [-0.2, -0.15) is 0 Å². The Morgan fingerprint density at radius 1 is 1.40 bits per heavy atom. The maximum absolute atomic E-state index is 12.9. The van der Waals surface area contributed by atoms with Crippen LogP contribution in [0.1, 0.15) is 25.8 Å². The van der Waals surface area contributed by atoms with E-state index in [1.165, 1.54) is 19.2 Å². The van der Waals surface area contributed by atoms with Gasteiger partial charge in [0.25, 0.3) is 0 Å². The van der Waals surface area contributed by atoms with Gasteiger partial charge >= 0.3 is 0 Å². The lowest BCUT2D eigenvalue weighted by Gasteiger charge is -2.26. The van der Waals surface area contributed by atoms with E-state index in [0.29, 0.717) is 13.1 Å². The van der Waals surface area contributed by atoms with Gasteiger partial charge < -0.3 is 15.8 Å². The standard InChI is InChI=1S/C15H23FN2O2/c1-15(2,11-4-6-12(16)7-5-11)10-18-14(19)8-13(9-17)20-3/h4-7,13H,8-10,17H2,1-3H3,(H,18,19). The molecule has 4 nitrogen and oxygen atoms in total. The molecule has 0 heterocycles. The average molecular weight is 282 g/mol. The van der Waals surface area contributed by atoms with Crippen molar-refractivity contribution >= 4 is 5.91 Å². The zero-order valence-corrected chi connectivity index (χ0v) is 12.3. The highest BCUT2D eigenvalue weighted by Crippen LogP contribution is 2.22. The molecular weight excluding hydrogens is 259 g/mol. The molecule has 0 aliphatic heterocycles. The van der Waals surface area contributed by atoms with Crippen LogP contribution in [-0.2, 0) is 14.9 Å². The van der Waals surface area contributed by atoms with E-state index in [2.05, 4.69) is 5.32 Å². The van der Waals surface area contributed by atoms with Gasteiger partial charge in [0.2, 0.25) is 5.91 Å². The van der Waals surface area contributed by atoms with Gasteiger partial charge in [0.1, 0.15) is 5.82 Å². The van der Waals surface area contributed by atoms with Crippen molar-refractivity contribution in [2.45, 2.75) is 31.8 Å². The largest absolute Gasteiger partial charge is 0.380 e. The van der Waals surface area contributed by atoms with Gasteiger partial charge in [0, 0.05) is 25.6 Å². The van der Waals surface area contributed by atoms with E-state index in [4.69, 9.17) is 10.5 Å². The minimum absolute atomic E-state index is 0.0995. The highest BCUT2D eigenvalue weighted by molar-refractivity contribution is 5.76. The van der Waals surface area contributed by atoms with E-state index in [1.807, 2.05) is 13.8 Å². The lowest BCUT2D eigenvalue weighted by atomic mass is 9.84. The number of carbonyl (C=O) groups excluding carboxylic acids is 1. The van der Waals surface area contributed by atoms with E-state index in [-0.39, 0.29) is 29.7 Å². The first kappa shape index (κ1) is 16.6. The molecule has 1 atom stereocenters. The van der Waals surface area contributed by atoms with E-state index in [0.717, 1.165) is 5.56 Å². The number of hydrogen-bond acceptors (Lipinski definition) is 3. The van der Waals surface area contributed by atoms with Crippen LogP contribution in [0.25, 0.3) is 0 Å². The number of carbonyl (C=O) groups is 1. The van der Waals surface area contributed by atoms with Crippen LogP contribution in [0.2, 0.25) is 0 Å². The molecular formula is C15H23FN2O2. The number of benzene rings is 1. The zero-order chi connectivity index (χ0) is 15.2. The zero-order valence-electron chi connectivity index (χ0n) is 12.3. The molecule has 1 aromatic rings. The maximum atomic E-state index is 12.9. The van der Waals surface area contributed by atoms with Crippen LogP contribution >= 0.6 is 0 Å². The highest BCUT2D eigenvalue weighted by Gasteiger charge is 2.22. The molecule has 0 saturated carbocycles. The first-order valence-electron chi connectivity index (χ1n) is 6.64. The molecule has 3 N–H and O–H groups in total. The van der Waals surface area contributed by atoms with Crippen LogP contribution in [0, 0.1) is 5.82 Å². The number of nitrogens with one attached hydrogen (secondary N) is 1. The lowest BCUT2D eigenvalue weighted by Crippen LogP contribution is -2.39. The summed E-state index contributed by atoms with van der Waals surface area (Å²) in [6.07, 6.45) is -0.0177. The van der Waals surface area contributed by atoms with Crippen molar-refractivity contribution in [1.29, 1.82) is 0 Å². The maximum Gasteiger partial charge on any atom is 0.222 e. The van der Waals surface area contributed by atoms with Crippen molar-refractivity contribution in [1.82, 2.24) is 5.32 Å². The second-order valence-electron chi connectivity index (χ2n) is 5.47. The summed E-state index contributed by atoms with van der Waals surface area (Å²) in [6.45, 7) is 4.78. The minimum atomic E-state index is -0.269. The van der Waals surface area contributed by atoms with Gasteiger partial charge in [-0.15, -0.1) is 0 Å². The molecule has 5 heteroatoms. The summed E-state index contributed by atoms with van der Waals surface area (Å²) >= 11 is 0. The summed E-state index contributed by atoms with van der Waals surface area (Å²) in [5.41, 5.74) is 6.18. The van der Waals surface area contributed by atoms with Crippen LogP contribution in [0.4, 0.5) is 4.39 Å². The Morgan fingerprint density at radius 3 is 2.50 bits per heavy atom. The van der Waals surface area contributed by atoms with Crippen LogP contribution in [0.5, 0.6) is 0 Å². The molecule has 0 aliphatic carbocycles. The third-order valence-electron chi connectivity index (χ3n) is 3.36. The van der Waals surface area contributed by atoms with Crippen LogP contribution in [0.3, 0.4) is 0 Å². The molecule has 20 heavy (non-hydrogen) atoms. The Balaban J connectivity index is 2.54. The fourth-order valence-electron chi connectivity index (χ4n) is 1.86. The van der Waals surface area contributed by atoms with Crippen molar-refractivity contribution in [3.8, 4) is 0 Å². The third kappa shape index (κ3) is 4.90. The first-order chi connectivity index (χ1) is 9.39. The Bertz CT molecular complexity index is 428. The molecule has 112 valence electrons. The van der Waals surface area contributed by atoms with Crippen molar-refractivity contribution in [2.75, 3.05) is 20.2 Å². The van der Waals surface area contributed by atoms with E-state index in [9.17, 15) is 9.18 Å². The topological polar surface area (TPSA) is 64.3 Å². The molecule has 1 amide bonds. The molecule has 0 spiro atoms. The molecule has 1 aromatic carbocycles. The van der Waals surface area contributed by atoms with Crippen LogP contribution < -0.4 is 11.1 Å². The number of halogens is 1. The van der Waals surface area contributed by atoms with Crippen molar-refractivity contribution < 1.29 is 13.9 Å². The number of ether oxygens (including phenoxy) is 1. The first-order valence-corrected chi connectivity index (χ1v) is 6.64. The Kier molecular flexibility index (Phi) is 6.10. The van der Waals surface area contributed by atoms with Gasteiger partial charge in [-0.25, -0.2) is 4.39 Å². The normalized spacial score (nSPS) is 13.1. The molecule has 1 rings (SSSR count). The fraction of sp³-hybridized carbons (Fsp3) is 0.533. The van der Waals surface area contributed by atoms with Gasteiger partial charge in [0.15, 0.2) is 0 Å². The summed E-state index contributed by atoms with van der Waals surface area (Å²) < 4.78 is 18.0. The number of methoxy groups -OCH3 is 1. The van der Waals surface area contributed by atoms with E-state index < -0.39 is 0 Å². The van der Waals surface area contributed by atoms with Gasteiger partial charge in [0.05, 0.1) is 12.5 Å². The van der Waals surface area contributed by atoms with Crippen LogP contribution in [-0.4, -0.2) is 32.2 Å². The third-order valence-corrected chi connectivity index (χ3v) is 3.36. The molecule has 0 saturated heterocycles. The van der Waals surface area contributed by atoms with E-state index >= 15 is 0 Å². The summed E-state index contributed by atoms with van der Waals surface area (Å²) in [6, 6.07) is 6.32. The van der Waals surface area contributed by atoms with Gasteiger partial charge in [-0.1, -0.05) is 26.0 Å². The highest BCUT2D eigenvalue weighted by atomic mass is 19.1. The lowest BCUT2D eigenvalue weighted by molar-refractivity contribution is -0.123. The van der Waals surface area contributed by atoms with Crippen molar-refractivity contribution in [3.63, 3.8) is 0 Å². The number of amides is 1. The predicted molar refractivity (Wildman–Crippen MR) is 76.9 cm³/mol. The van der Waals surface area contributed by atoms with E-state index in [1.54, 1.807) is 12.1 Å². The quantitative estimate of drug-likeness (QED) is 0.798. The monoisotopic (exact) mass is 282 g/mol. The molecule has 0 aliphatic rings. The fourth-order valence-corrected chi connectivity index (χ4v) is 1.86.